The summed E-state index contributed by atoms with van der Waals surface area (Å²) in [5.74, 6) is 0.616. The summed E-state index contributed by atoms with van der Waals surface area (Å²) < 4.78 is 12.1. The monoisotopic (exact) mass is 372 g/mol. The number of ether oxygens (including phenoxy) is 2. The molecule has 0 N–H and O–H groups in total. The number of piperidine rings is 1. The van der Waals surface area contributed by atoms with Gasteiger partial charge in [0, 0.05) is 35.8 Å². The molecule has 0 radical (unpaired) electrons. The SMILES string of the molecule is O=C(c1cccc(Cl)c1)N1CCC[C@@]2(C[C@@H](Oc3ccccn3)CO2)C1. The lowest BCUT2D eigenvalue weighted by molar-refractivity contribution is -0.0453. The topological polar surface area (TPSA) is 51.7 Å². The number of benzene rings is 1. The summed E-state index contributed by atoms with van der Waals surface area (Å²) in [6.45, 7) is 1.85. The predicted molar refractivity (Wildman–Crippen MR) is 98.5 cm³/mol. The van der Waals surface area contributed by atoms with Crippen LogP contribution in [-0.4, -0.2) is 47.2 Å². The standard InChI is InChI=1S/C20H21ClN2O3/c21-16-6-3-5-15(11-16)19(24)23-10-4-8-20(14-23)12-17(13-25-20)26-18-7-1-2-9-22-18/h1-3,5-7,9,11,17H,4,8,10,12-14H2/t17-,20-/m1/s1. The summed E-state index contributed by atoms with van der Waals surface area (Å²) in [6, 6.07) is 12.7. The van der Waals surface area contributed by atoms with Gasteiger partial charge in [-0.1, -0.05) is 23.7 Å². The molecule has 5 nitrogen and oxygen atoms in total. The predicted octanol–water partition coefficient (Wildman–Crippen LogP) is 3.58. The smallest absolute Gasteiger partial charge is 0.254 e. The second-order valence-corrected chi connectivity index (χ2v) is 7.38. The van der Waals surface area contributed by atoms with Crippen molar-refractivity contribution in [2.24, 2.45) is 0 Å². The van der Waals surface area contributed by atoms with Crippen LogP contribution in [0.25, 0.3) is 0 Å². The highest BCUT2D eigenvalue weighted by Gasteiger charge is 2.45. The van der Waals surface area contributed by atoms with E-state index in [9.17, 15) is 4.79 Å². The van der Waals surface area contributed by atoms with Gasteiger partial charge < -0.3 is 14.4 Å². The number of rotatable bonds is 3. The van der Waals surface area contributed by atoms with Crippen LogP contribution in [0.5, 0.6) is 5.88 Å². The lowest BCUT2D eigenvalue weighted by Gasteiger charge is -2.39. The summed E-state index contributed by atoms with van der Waals surface area (Å²) in [5, 5.41) is 0.573. The van der Waals surface area contributed by atoms with Crippen LogP contribution >= 0.6 is 11.6 Å². The van der Waals surface area contributed by atoms with Crippen molar-refractivity contribution >= 4 is 17.5 Å². The molecular weight excluding hydrogens is 352 g/mol. The highest BCUT2D eigenvalue weighted by atomic mass is 35.5. The van der Waals surface area contributed by atoms with E-state index in [4.69, 9.17) is 21.1 Å². The van der Waals surface area contributed by atoms with Crippen molar-refractivity contribution in [3.8, 4) is 5.88 Å². The van der Waals surface area contributed by atoms with Gasteiger partial charge in [0.2, 0.25) is 5.88 Å². The molecular formula is C20H21ClN2O3. The molecule has 26 heavy (non-hydrogen) atoms. The molecule has 2 aromatic rings. The van der Waals surface area contributed by atoms with Crippen molar-refractivity contribution in [1.82, 2.24) is 9.88 Å². The van der Waals surface area contributed by atoms with Crippen LogP contribution in [0, 0.1) is 0 Å². The maximum atomic E-state index is 12.8. The fourth-order valence-corrected chi connectivity index (χ4v) is 4.02. The molecule has 1 amide bonds. The number of hydrogen-bond acceptors (Lipinski definition) is 4. The van der Waals surface area contributed by atoms with E-state index in [2.05, 4.69) is 4.98 Å². The minimum Gasteiger partial charge on any atom is -0.472 e. The lowest BCUT2D eigenvalue weighted by Crippen LogP contribution is -2.50. The summed E-state index contributed by atoms with van der Waals surface area (Å²) in [6.07, 6.45) is 4.30. The van der Waals surface area contributed by atoms with Crippen LogP contribution < -0.4 is 4.74 Å². The summed E-state index contributed by atoms with van der Waals surface area (Å²) in [4.78, 5) is 18.9. The molecule has 2 aliphatic rings. The molecule has 0 aliphatic carbocycles. The van der Waals surface area contributed by atoms with Crippen LogP contribution in [0.15, 0.2) is 48.7 Å². The van der Waals surface area contributed by atoms with Gasteiger partial charge in [0.25, 0.3) is 5.91 Å². The first kappa shape index (κ1) is 17.3. The van der Waals surface area contributed by atoms with Gasteiger partial charge >= 0.3 is 0 Å². The Morgan fingerprint density at radius 1 is 1.31 bits per heavy atom. The molecule has 2 atom stereocenters. The van der Waals surface area contributed by atoms with E-state index in [0.717, 1.165) is 25.8 Å². The zero-order chi connectivity index (χ0) is 18.0. The average molecular weight is 373 g/mol. The quantitative estimate of drug-likeness (QED) is 0.826. The largest absolute Gasteiger partial charge is 0.472 e. The van der Waals surface area contributed by atoms with Crippen molar-refractivity contribution in [3.05, 3.63) is 59.2 Å². The van der Waals surface area contributed by atoms with Crippen LogP contribution in [0.3, 0.4) is 0 Å². The van der Waals surface area contributed by atoms with E-state index < -0.39 is 0 Å². The Hall–Kier alpha value is -2.11. The lowest BCUT2D eigenvalue weighted by atomic mass is 9.89. The number of nitrogens with zero attached hydrogens (tertiary/aromatic N) is 2. The Labute approximate surface area is 157 Å². The minimum absolute atomic E-state index is 0.00395. The highest BCUT2D eigenvalue weighted by molar-refractivity contribution is 6.30. The van der Waals surface area contributed by atoms with Gasteiger partial charge in [-0.05, 0) is 37.1 Å². The molecule has 0 unspecified atom stereocenters. The first-order chi connectivity index (χ1) is 12.6. The number of amides is 1. The molecule has 2 saturated heterocycles. The molecule has 0 saturated carbocycles. The zero-order valence-electron chi connectivity index (χ0n) is 14.4. The summed E-state index contributed by atoms with van der Waals surface area (Å²) in [7, 11) is 0. The number of pyridine rings is 1. The molecule has 3 heterocycles. The van der Waals surface area contributed by atoms with Crippen molar-refractivity contribution in [2.45, 2.75) is 31.0 Å². The van der Waals surface area contributed by atoms with E-state index in [1.807, 2.05) is 23.1 Å². The van der Waals surface area contributed by atoms with E-state index in [1.54, 1.807) is 30.5 Å². The molecule has 6 heteroatoms. The third-order valence-corrected chi connectivity index (χ3v) is 5.23. The minimum atomic E-state index is -0.327. The van der Waals surface area contributed by atoms with Gasteiger partial charge in [-0.25, -0.2) is 4.98 Å². The fourth-order valence-electron chi connectivity index (χ4n) is 3.83. The molecule has 1 spiro atoms. The zero-order valence-corrected chi connectivity index (χ0v) is 15.2. The highest BCUT2D eigenvalue weighted by Crippen LogP contribution is 2.36. The fraction of sp³-hybridized carbons (Fsp3) is 0.400. The van der Waals surface area contributed by atoms with E-state index in [1.165, 1.54) is 0 Å². The van der Waals surface area contributed by atoms with Crippen LogP contribution in [0.2, 0.25) is 5.02 Å². The molecule has 2 aliphatic heterocycles. The van der Waals surface area contributed by atoms with Gasteiger partial charge in [-0.2, -0.15) is 0 Å². The van der Waals surface area contributed by atoms with E-state index in [-0.39, 0.29) is 17.6 Å². The van der Waals surface area contributed by atoms with Gasteiger partial charge in [0.15, 0.2) is 0 Å². The van der Waals surface area contributed by atoms with Crippen molar-refractivity contribution in [1.29, 1.82) is 0 Å². The summed E-state index contributed by atoms with van der Waals surface area (Å²) in [5.41, 5.74) is 0.292. The Morgan fingerprint density at radius 3 is 3.04 bits per heavy atom. The molecule has 1 aromatic heterocycles. The molecule has 1 aromatic carbocycles. The third kappa shape index (κ3) is 3.69. The van der Waals surface area contributed by atoms with E-state index in [0.29, 0.717) is 29.6 Å². The normalized spacial score (nSPS) is 25.4. The van der Waals surface area contributed by atoms with Crippen LogP contribution in [0.1, 0.15) is 29.6 Å². The van der Waals surface area contributed by atoms with Crippen LogP contribution in [-0.2, 0) is 4.74 Å². The number of carbonyl (C=O) groups is 1. The average Bonchev–Trinajstić information content (AvgIpc) is 3.03. The van der Waals surface area contributed by atoms with Gasteiger partial charge in [0.1, 0.15) is 6.10 Å². The van der Waals surface area contributed by atoms with Crippen molar-refractivity contribution in [2.75, 3.05) is 19.7 Å². The van der Waals surface area contributed by atoms with Crippen LogP contribution in [0.4, 0.5) is 0 Å². The third-order valence-electron chi connectivity index (χ3n) is 5.00. The Balaban J connectivity index is 1.42. The first-order valence-electron chi connectivity index (χ1n) is 8.90. The van der Waals surface area contributed by atoms with Gasteiger partial charge in [-0.3, -0.25) is 4.79 Å². The van der Waals surface area contributed by atoms with Crippen molar-refractivity contribution < 1.29 is 14.3 Å². The van der Waals surface area contributed by atoms with Crippen molar-refractivity contribution in [3.63, 3.8) is 0 Å². The number of hydrogen-bond donors (Lipinski definition) is 0. The number of aromatic nitrogens is 1. The molecule has 4 rings (SSSR count). The Bertz CT molecular complexity index is 786. The van der Waals surface area contributed by atoms with Gasteiger partial charge in [-0.15, -0.1) is 0 Å². The van der Waals surface area contributed by atoms with Gasteiger partial charge in [0.05, 0.1) is 18.8 Å². The Kier molecular flexibility index (Phi) is 4.83. The second-order valence-electron chi connectivity index (χ2n) is 6.95. The maximum absolute atomic E-state index is 12.8. The maximum Gasteiger partial charge on any atom is 0.254 e. The molecule has 2 fully saturated rings. The number of halogens is 1. The molecule has 136 valence electrons. The van der Waals surface area contributed by atoms with E-state index >= 15 is 0 Å². The Morgan fingerprint density at radius 2 is 2.23 bits per heavy atom. The first-order valence-corrected chi connectivity index (χ1v) is 9.28. The molecule has 0 bridgehead atoms. The number of carbonyl (C=O) groups excluding carboxylic acids is 1. The number of likely N-dealkylation sites (tertiary alicyclic amines) is 1. The second kappa shape index (κ2) is 7.25. The summed E-state index contributed by atoms with van der Waals surface area (Å²) >= 11 is 6.03.